The third-order valence-corrected chi connectivity index (χ3v) is 5.33. The molecule has 0 saturated heterocycles. The number of hydrogen-bond donors (Lipinski definition) is 2. The second-order valence-corrected chi connectivity index (χ2v) is 7.66. The molecule has 1 aromatic rings. The molecule has 0 aliphatic carbocycles. The number of nitrogens with two attached hydrogens (primary N) is 1. The highest BCUT2D eigenvalue weighted by Crippen LogP contribution is 2.23. The summed E-state index contributed by atoms with van der Waals surface area (Å²) < 4.78 is 15.7. The van der Waals surface area contributed by atoms with Crippen LogP contribution in [0.4, 0.5) is 0 Å². The van der Waals surface area contributed by atoms with Crippen LogP contribution in [0.1, 0.15) is 36.8 Å². The van der Waals surface area contributed by atoms with Crippen LogP contribution in [0, 0.1) is 0 Å². The third-order valence-electron chi connectivity index (χ3n) is 5.33. The van der Waals surface area contributed by atoms with Gasteiger partial charge < -0.3 is 30.2 Å². The Morgan fingerprint density at radius 1 is 1.03 bits per heavy atom. The van der Waals surface area contributed by atoms with Crippen LogP contribution < -0.4 is 11.1 Å². The predicted molar refractivity (Wildman–Crippen MR) is 119 cm³/mol. The lowest BCUT2D eigenvalue weighted by Crippen LogP contribution is -2.53. The van der Waals surface area contributed by atoms with Gasteiger partial charge in [0.05, 0.1) is 26.4 Å². The minimum Gasteiger partial charge on any atom is -0.382 e. The normalized spacial score (nSPS) is 15.5. The molecule has 8 nitrogen and oxygen atoms in total. The van der Waals surface area contributed by atoms with Gasteiger partial charge >= 0.3 is 0 Å². The van der Waals surface area contributed by atoms with E-state index in [2.05, 4.69) is 5.32 Å². The van der Waals surface area contributed by atoms with Crippen LogP contribution in [-0.4, -0.2) is 76.0 Å². The number of ether oxygens (including phenoxy) is 3. The van der Waals surface area contributed by atoms with Crippen LogP contribution in [-0.2, 0) is 36.8 Å². The van der Waals surface area contributed by atoms with Crippen molar-refractivity contribution in [2.45, 2.75) is 44.7 Å². The van der Waals surface area contributed by atoms with E-state index in [9.17, 15) is 9.59 Å². The Labute approximate surface area is 185 Å². The minimum absolute atomic E-state index is 0.0708. The van der Waals surface area contributed by atoms with Gasteiger partial charge in [0.1, 0.15) is 12.6 Å². The molecule has 0 radical (unpaired) electrons. The van der Waals surface area contributed by atoms with Gasteiger partial charge in [0.2, 0.25) is 11.8 Å². The molecular weight excluding hydrogens is 398 g/mol. The number of hydrogen-bond acceptors (Lipinski definition) is 6. The van der Waals surface area contributed by atoms with E-state index in [0.717, 1.165) is 36.8 Å². The van der Waals surface area contributed by atoms with Crippen LogP contribution in [0.2, 0.25) is 0 Å². The van der Waals surface area contributed by atoms with Crippen molar-refractivity contribution in [1.82, 2.24) is 10.2 Å². The van der Waals surface area contributed by atoms with Crippen molar-refractivity contribution in [2.75, 3.05) is 53.2 Å². The molecule has 174 valence electrons. The quantitative estimate of drug-likeness (QED) is 0.402. The van der Waals surface area contributed by atoms with Gasteiger partial charge in [-0.3, -0.25) is 9.59 Å². The number of nitrogens with zero attached hydrogens (tertiary/aromatic N) is 1. The number of rotatable bonds is 15. The van der Waals surface area contributed by atoms with Crippen LogP contribution in [0.3, 0.4) is 0 Å². The molecule has 1 aliphatic rings. The summed E-state index contributed by atoms with van der Waals surface area (Å²) in [5.74, 6) is -0.293. The van der Waals surface area contributed by atoms with E-state index in [4.69, 9.17) is 19.9 Å². The van der Waals surface area contributed by atoms with E-state index >= 15 is 0 Å². The number of fused-ring (bicyclic) bond motifs is 1. The van der Waals surface area contributed by atoms with Crippen LogP contribution in [0.15, 0.2) is 24.3 Å². The van der Waals surface area contributed by atoms with Gasteiger partial charge in [-0.25, -0.2) is 0 Å². The first-order valence-corrected chi connectivity index (χ1v) is 11.2. The number of methoxy groups -OCH3 is 1. The summed E-state index contributed by atoms with van der Waals surface area (Å²) in [4.78, 5) is 27.4. The SMILES string of the molecule is COCCOCCOCC(=O)N1Cc2ccccc2CC1C(=O)NCCCCCCN. The molecule has 0 aromatic heterocycles. The maximum atomic E-state index is 12.9. The van der Waals surface area contributed by atoms with Crippen molar-refractivity contribution < 1.29 is 23.8 Å². The predicted octanol–water partition coefficient (Wildman–Crippen LogP) is 1.25. The summed E-state index contributed by atoms with van der Waals surface area (Å²) in [5, 5.41) is 3.00. The molecule has 1 aliphatic heterocycles. The van der Waals surface area contributed by atoms with Gasteiger partial charge in [-0.2, -0.15) is 0 Å². The molecule has 8 heteroatoms. The third kappa shape index (κ3) is 8.95. The van der Waals surface area contributed by atoms with Crippen molar-refractivity contribution in [2.24, 2.45) is 5.73 Å². The van der Waals surface area contributed by atoms with Gasteiger partial charge in [-0.15, -0.1) is 0 Å². The number of benzene rings is 1. The summed E-state index contributed by atoms with van der Waals surface area (Å²) in [5.41, 5.74) is 7.70. The van der Waals surface area contributed by atoms with Gasteiger partial charge in [0.25, 0.3) is 0 Å². The lowest BCUT2D eigenvalue weighted by atomic mass is 9.93. The first kappa shape index (κ1) is 25.3. The van der Waals surface area contributed by atoms with Crippen LogP contribution in [0.25, 0.3) is 0 Å². The Morgan fingerprint density at radius 2 is 1.74 bits per heavy atom. The largest absolute Gasteiger partial charge is 0.382 e. The average molecular weight is 436 g/mol. The summed E-state index contributed by atoms with van der Waals surface area (Å²) in [6.45, 7) is 3.38. The molecule has 3 N–H and O–H groups in total. The fourth-order valence-electron chi connectivity index (χ4n) is 3.58. The highest BCUT2D eigenvalue weighted by Gasteiger charge is 2.34. The highest BCUT2D eigenvalue weighted by atomic mass is 16.5. The lowest BCUT2D eigenvalue weighted by molar-refractivity contribution is -0.145. The highest BCUT2D eigenvalue weighted by molar-refractivity contribution is 5.89. The standard InChI is InChI=1S/C23H37N3O5/c1-29-12-13-30-14-15-31-18-22(27)26-17-20-9-5-4-8-19(20)16-21(26)23(28)25-11-7-3-2-6-10-24/h4-5,8-9,21H,2-3,6-7,10-18,24H2,1H3,(H,25,28). The second kappa shape index (κ2) is 14.9. The molecule has 1 aromatic carbocycles. The molecule has 31 heavy (non-hydrogen) atoms. The zero-order chi connectivity index (χ0) is 22.3. The molecule has 0 fully saturated rings. The maximum Gasteiger partial charge on any atom is 0.249 e. The monoisotopic (exact) mass is 435 g/mol. The fraction of sp³-hybridized carbons (Fsp3) is 0.652. The molecule has 0 bridgehead atoms. The number of nitrogens with one attached hydrogen (secondary N) is 1. The molecule has 0 saturated carbocycles. The Bertz CT molecular complexity index is 670. The smallest absolute Gasteiger partial charge is 0.249 e. The summed E-state index contributed by atoms with van der Waals surface area (Å²) in [6, 6.07) is 7.43. The maximum absolute atomic E-state index is 12.9. The molecule has 1 atom stereocenters. The van der Waals surface area contributed by atoms with Crippen LogP contribution >= 0.6 is 0 Å². The first-order chi connectivity index (χ1) is 15.2. The van der Waals surface area contributed by atoms with E-state index in [1.165, 1.54) is 0 Å². The Morgan fingerprint density at radius 3 is 2.52 bits per heavy atom. The van der Waals surface area contributed by atoms with Gasteiger partial charge in [-0.1, -0.05) is 37.1 Å². The average Bonchev–Trinajstić information content (AvgIpc) is 2.79. The zero-order valence-corrected chi connectivity index (χ0v) is 18.6. The molecule has 2 amide bonds. The summed E-state index contributed by atoms with van der Waals surface area (Å²) in [6.07, 6.45) is 4.54. The van der Waals surface area contributed by atoms with Gasteiger partial charge in [0, 0.05) is 26.6 Å². The first-order valence-electron chi connectivity index (χ1n) is 11.2. The van der Waals surface area contributed by atoms with Crippen LogP contribution in [0.5, 0.6) is 0 Å². The number of unbranched alkanes of at least 4 members (excludes halogenated alkanes) is 3. The van der Waals surface area contributed by atoms with Crippen molar-refractivity contribution in [3.8, 4) is 0 Å². The molecule has 0 spiro atoms. The van der Waals surface area contributed by atoms with Crippen molar-refractivity contribution >= 4 is 11.8 Å². The van der Waals surface area contributed by atoms with E-state index in [1.54, 1.807) is 12.0 Å². The van der Waals surface area contributed by atoms with E-state index < -0.39 is 6.04 Å². The molecule has 1 heterocycles. The Hall–Kier alpha value is -2.00. The molecule has 2 rings (SSSR count). The minimum atomic E-state index is -0.520. The fourth-order valence-corrected chi connectivity index (χ4v) is 3.58. The topological polar surface area (TPSA) is 103 Å². The van der Waals surface area contributed by atoms with Crippen molar-refractivity contribution in [3.05, 3.63) is 35.4 Å². The van der Waals surface area contributed by atoms with Crippen molar-refractivity contribution in [1.29, 1.82) is 0 Å². The Kier molecular flexibility index (Phi) is 12.2. The molecular formula is C23H37N3O5. The van der Waals surface area contributed by atoms with Gasteiger partial charge in [-0.05, 0) is 30.5 Å². The lowest BCUT2D eigenvalue weighted by Gasteiger charge is -2.36. The summed E-state index contributed by atoms with van der Waals surface area (Å²) >= 11 is 0. The number of carbonyl (C=O) groups excluding carboxylic acids is 2. The van der Waals surface area contributed by atoms with Crippen molar-refractivity contribution in [3.63, 3.8) is 0 Å². The van der Waals surface area contributed by atoms with E-state index in [1.807, 2.05) is 24.3 Å². The van der Waals surface area contributed by atoms with E-state index in [0.29, 0.717) is 52.5 Å². The summed E-state index contributed by atoms with van der Waals surface area (Å²) in [7, 11) is 1.61. The van der Waals surface area contributed by atoms with E-state index in [-0.39, 0.29) is 18.4 Å². The number of amides is 2. The Balaban J connectivity index is 1.86. The number of carbonyl (C=O) groups is 2. The molecule has 1 unspecified atom stereocenters. The van der Waals surface area contributed by atoms with Gasteiger partial charge in [0.15, 0.2) is 0 Å². The second-order valence-electron chi connectivity index (χ2n) is 7.66. The zero-order valence-electron chi connectivity index (χ0n) is 18.6.